The molecule has 0 bridgehead atoms. The summed E-state index contributed by atoms with van der Waals surface area (Å²) >= 11 is 0. The average molecular weight is 292 g/mol. The van der Waals surface area contributed by atoms with Crippen molar-refractivity contribution in [2.75, 3.05) is 26.7 Å². The number of nitrogens with one attached hydrogen (secondary N) is 1. The molecule has 2 fully saturated rings. The molecule has 0 aliphatic carbocycles. The van der Waals surface area contributed by atoms with E-state index in [-0.39, 0.29) is 5.97 Å². The second-order valence-electron chi connectivity index (χ2n) is 6.08. The number of piperidine rings is 1. The van der Waals surface area contributed by atoms with E-state index in [4.69, 9.17) is 9.15 Å². The van der Waals surface area contributed by atoms with Crippen molar-refractivity contribution in [1.29, 1.82) is 0 Å². The first-order valence-electron chi connectivity index (χ1n) is 7.88. The Morgan fingerprint density at radius 2 is 2.24 bits per heavy atom. The van der Waals surface area contributed by atoms with Crippen LogP contribution in [-0.2, 0) is 11.3 Å². The third-order valence-corrected chi connectivity index (χ3v) is 4.81. The lowest BCUT2D eigenvalue weighted by Crippen LogP contribution is -2.40. The van der Waals surface area contributed by atoms with Gasteiger partial charge < -0.3 is 14.5 Å². The molecule has 5 nitrogen and oxygen atoms in total. The number of methoxy groups -OCH3 is 1. The second-order valence-corrected chi connectivity index (χ2v) is 6.08. The first kappa shape index (κ1) is 14.6. The van der Waals surface area contributed by atoms with Gasteiger partial charge in [0.1, 0.15) is 0 Å². The predicted octanol–water partition coefficient (Wildman–Crippen LogP) is 2.03. The van der Waals surface area contributed by atoms with E-state index in [2.05, 4.69) is 10.2 Å². The summed E-state index contributed by atoms with van der Waals surface area (Å²) < 4.78 is 10.00. The zero-order valence-electron chi connectivity index (χ0n) is 12.6. The fourth-order valence-corrected chi connectivity index (χ4v) is 3.60. The first-order chi connectivity index (χ1) is 10.3. The minimum atomic E-state index is -0.389. The maximum atomic E-state index is 11.6. The Morgan fingerprint density at radius 3 is 2.90 bits per heavy atom. The summed E-state index contributed by atoms with van der Waals surface area (Å²) in [4.78, 5) is 14.0. The number of hydrogen-bond donors (Lipinski definition) is 1. The van der Waals surface area contributed by atoms with Crippen LogP contribution in [0.5, 0.6) is 0 Å². The maximum Gasteiger partial charge on any atom is 0.374 e. The molecule has 116 valence electrons. The fourth-order valence-electron chi connectivity index (χ4n) is 3.60. The Morgan fingerprint density at radius 1 is 1.43 bits per heavy atom. The minimum absolute atomic E-state index is 0.345. The van der Waals surface area contributed by atoms with E-state index < -0.39 is 0 Å². The lowest BCUT2D eigenvalue weighted by atomic mass is 9.88. The van der Waals surface area contributed by atoms with Gasteiger partial charge in [-0.3, -0.25) is 4.90 Å². The predicted molar refractivity (Wildman–Crippen MR) is 79.1 cm³/mol. The van der Waals surface area contributed by atoms with Crippen LogP contribution in [0.15, 0.2) is 16.7 Å². The number of ether oxygens (including phenoxy) is 1. The van der Waals surface area contributed by atoms with Crippen LogP contribution in [0.4, 0.5) is 0 Å². The van der Waals surface area contributed by atoms with Gasteiger partial charge in [0.25, 0.3) is 0 Å². The summed E-state index contributed by atoms with van der Waals surface area (Å²) in [5.74, 6) is 0.769. The van der Waals surface area contributed by atoms with E-state index in [9.17, 15) is 4.79 Å². The Hall–Kier alpha value is -1.33. The van der Waals surface area contributed by atoms with Gasteiger partial charge in [-0.25, -0.2) is 4.79 Å². The first-order valence-corrected chi connectivity index (χ1v) is 7.88. The molecule has 1 atom stereocenters. The molecule has 1 aromatic rings. The molecular weight excluding hydrogens is 268 g/mol. The van der Waals surface area contributed by atoms with Crippen molar-refractivity contribution in [2.45, 2.75) is 38.3 Å². The molecule has 21 heavy (non-hydrogen) atoms. The molecule has 3 heterocycles. The number of likely N-dealkylation sites (tertiary alicyclic amines) is 1. The van der Waals surface area contributed by atoms with Gasteiger partial charge in [-0.15, -0.1) is 0 Å². The SMILES string of the molecule is COC(=O)c1occc1CN1CCC(C2CCCN2)CC1. The average Bonchev–Trinajstić information content (AvgIpc) is 3.18. The summed E-state index contributed by atoms with van der Waals surface area (Å²) in [6.07, 6.45) is 6.70. The van der Waals surface area contributed by atoms with Gasteiger partial charge in [0.05, 0.1) is 13.4 Å². The Bertz CT molecular complexity index is 472. The Balaban J connectivity index is 1.53. The third kappa shape index (κ3) is 3.30. The highest BCUT2D eigenvalue weighted by Crippen LogP contribution is 2.27. The fraction of sp³-hybridized carbons (Fsp3) is 0.688. The molecule has 0 aromatic carbocycles. The minimum Gasteiger partial charge on any atom is -0.463 e. The zero-order valence-corrected chi connectivity index (χ0v) is 12.6. The van der Waals surface area contributed by atoms with E-state index in [1.807, 2.05) is 6.07 Å². The van der Waals surface area contributed by atoms with Crippen molar-refractivity contribution in [3.05, 3.63) is 23.7 Å². The molecule has 1 aromatic heterocycles. The molecular formula is C16H24N2O3. The van der Waals surface area contributed by atoms with Crippen molar-refractivity contribution < 1.29 is 13.9 Å². The molecule has 5 heteroatoms. The highest BCUT2D eigenvalue weighted by atomic mass is 16.5. The molecule has 2 aliphatic rings. The highest BCUT2D eigenvalue weighted by Gasteiger charge is 2.29. The van der Waals surface area contributed by atoms with Crippen LogP contribution in [0.3, 0.4) is 0 Å². The summed E-state index contributed by atoms with van der Waals surface area (Å²) in [5.41, 5.74) is 0.930. The molecule has 0 radical (unpaired) electrons. The van der Waals surface area contributed by atoms with Crippen molar-refractivity contribution in [1.82, 2.24) is 10.2 Å². The number of carbonyl (C=O) groups excluding carboxylic acids is 1. The molecule has 3 rings (SSSR count). The van der Waals surface area contributed by atoms with Crippen molar-refractivity contribution in [3.63, 3.8) is 0 Å². The van der Waals surface area contributed by atoms with Gasteiger partial charge in [0.2, 0.25) is 5.76 Å². The van der Waals surface area contributed by atoms with Gasteiger partial charge in [0.15, 0.2) is 0 Å². The van der Waals surface area contributed by atoms with Gasteiger partial charge in [-0.05, 0) is 57.3 Å². The summed E-state index contributed by atoms with van der Waals surface area (Å²) in [7, 11) is 1.38. The van der Waals surface area contributed by atoms with Crippen molar-refractivity contribution in [2.24, 2.45) is 5.92 Å². The van der Waals surface area contributed by atoms with Crippen LogP contribution >= 0.6 is 0 Å². The van der Waals surface area contributed by atoms with Gasteiger partial charge in [-0.2, -0.15) is 0 Å². The largest absolute Gasteiger partial charge is 0.463 e. The standard InChI is InChI=1S/C16H24N2O3/c1-20-16(19)15-13(6-10-21-15)11-18-8-4-12(5-9-18)14-3-2-7-17-14/h6,10,12,14,17H,2-5,7-9,11H2,1H3. The summed E-state index contributed by atoms with van der Waals surface area (Å²) in [6.45, 7) is 4.14. The number of furan rings is 1. The molecule has 1 unspecified atom stereocenters. The van der Waals surface area contributed by atoms with Crippen LogP contribution in [0.25, 0.3) is 0 Å². The lowest BCUT2D eigenvalue weighted by Gasteiger charge is -2.34. The smallest absolute Gasteiger partial charge is 0.374 e. The monoisotopic (exact) mass is 292 g/mol. The summed E-state index contributed by atoms with van der Waals surface area (Å²) in [6, 6.07) is 2.60. The lowest BCUT2D eigenvalue weighted by molar-refractivity contribution is 0.0560. The molecule has 2 aliphatic heterocycles. The number of carbonyl (C=O) groups is 1. The van der Waals surface area contributed by atoms with Crippen molar-refractivity contribution in [3.8, 4) is 0 Å². The Labute approximate surface area is 125 Å². The van der Waals surface area contributed by atoms with Crippen LogP contribution in [0.1, 0.15) is 41.8 Å². The zero-order chi connectivity index (χ0) is 14.7. The van der Waals surface area contributed by atoms with E-state index >= 15 is 0 Å². The van der Waals surface area contributed by atoms with E-state index in [1.54, 1.807) is 6.26 Å². The van der Waals surface area contributed by atoms with Crippen LogP contribution in [0, 0.1) is 5.92 Å². The molecule has 0 amide bonds. The van der Waals surface area contributed by atoms with Gasteiger partial charge in [-0.1, -0.05) is 0 Å². The molecule has 0 spiro atoms. The van der Waals surface area contributed by atoms with Crippen molar-refractivity contribution >= 4 is 5.97 Å². The Kier molecular flexibility index (Phi) is 4.60. The number of rotatable bonds is 4. The van der Waals surface area contributed by atoms with Crippen LogP contribution in [-0.4, -0.2) is 43.7 Å². The molecule has 2 saturated heterocycles. The quantitative estimate of drug-likeness (QED) is 0.861. The number of esters is 1. The summed E-state index contributed by atoms with van der Waals surface area (Å²) in [5, 5.41) is 3.62. The van der Waals surface area contributed by atoms with Crippen LogP contribution in [0.2, 0.25) is 0 Å². The third-order valence-electron chi connectivity index (χ3n) is 4.81. The number of nitrogens with zero attached hydrogens (tertiary/aromatic N) is 1. The van der Waals surface area contributed by atoms with Gasteiger partial charge in [0, 0.05) is 18.2 Å². The second kappa shape index (κ2) is 6.62. The van der Waals surface area contributed by atoms with E-state index in [0.29, 0.717) is 5.76 Å². The van der Waals surface area contributed by atoms with E-state index in [0.717, 1.165) is 37.2 Å². The maximum absolute atomic E-state index is 11.6. The normalized spacial score (nSPS) is 24.3. The molecule has 0 saturated carbocycles. The topological polar surface area (TPSA) is 54.7 Å². The molecule has 1 N–H and O–H groups in total. The number of hydrogen-bond acceptors (Lipinski definition) is 5. The van der Waals surface area contributed by atoms with Gasteiger partial charge >= 0.3 is 5.97 Å². The van der Waals surface area contributed by atoms with E-state index in [1.165, 1.54) is 39.3 Å². The van der Waals surface area contributed by atoms with Crippen LogP contribution < -0.4 is 5.32 Å². The highest BCUT2D eigenvalue weighted by molar-refractivity contribution is 5.87.